The van der Waals surface area contributed by atoms with Gasteiger partial charge >= 0.3 is 0 Å². The molecule has 0 bridgehead atoms. The van der Waals surface area contributed by atoms with Gasteiger partial charge in [0.25, 0.3) is 5.91 Å². The van der Waals surface area contributed by atoms with E-state index >= 15 is 0 Å². The number of nitrogens with zero attached hydrogens (tertiary/aromatic N) is 3. The molecule has 2 heterocycles. The Morgan fingerprint density at radius 1 is 1.43 bits per heavy atom. The first kappa shape index (κ1) is 15.7. The zero-order chi connectivity index (χ0) is 15.5. The predicted molar refractivity (Wildman–Crippen MR) is 84.5 cm³/mol. The molecule has 116 valence electrons. The van der Waals surface area contributed by atoms with Crippen LogP contribution in [-0.2, 0) is 0 Å². The first-order valence-electron chi connectivity index (χ1n) is 7.83. The molecule has 1 unspecified atom stereocenters. The Balaban J connectivity index is 2.18. The molecule has 1 aromatic heterocycles. The van der Waals surface area contributed by atoms with Crippen molar-refractivity contribution in [3.8, 4) is 0 Å². The number of hydrogen-bond acceptors (Lipinski definition) is 4. The second-order valence-corrected chi connectivity index (χ2v) is 6.70. The lowest BCUT2D eigenvalue weighted by Crippen LogP contribution is -2.42. The van der Waals surface area contributed by atoms with Crippen molar-refractivity contribution in [1.82, 2.24) is 15.3 Å². The average Bonchev–Trinajstić information content (AvgIpc) is 2.45. The van der Waals surface area contributed by atoms with Crippen molar-refractivity contribution in [2.45, 2.75) is 65.0 Å². The molecule has 1 saturated heterocycles. The van der Waals surface area contributed by atoms with Gasteiger partial charge in [-0.15, -0.1) is 0 Å². The SMILES string of the molecule is CCC1CCCCN1c1nccc(C(=O)NC(C)(C)C)n1. The normalized spacial score (nSPS) is 19.4. The molecule has 2 rings (SSSR count). The Bertz CT molecular complexity index is 495. The lowest BCUT2D eigenvalue weighted by Gasteiger charge is -2.35. The molecule has 21 heavy (non-hydrogen) atoms. The maximum Gasteiger partial charge on any atom is 0.270 e. The molecule has 1 atom stereocenters. The van der Waals surface area contributed by atoms with Crippen LogP contribution in [-0.4, -0.2) is 34.0 Å². The quantitative estimate of drug-likeness (QED) is 0.930. The Hall–Kier alpha value is -1.65. The summed E-state index contributed by atoms with van der Waals surface area (Å²) in [6, 6.07) is 2.16. The molecule has 1 amide bonds. The molecule has 5 nitrogen and oxygen atoms in total. The number of nitrogens with one attached hydrogen (secondary N) is 1. The summed E-state index contributed by atoms with van der Waals surface area (Å²) in [4.78, 5) is 23.3. The highest BCUT2D eigenvalue weighted by atomic mass is 16.2. The van der Waals surface area contributed by atoms with Crippen LogP contribution >= 0.6 is 0 Å². The van der Waals surface area contributed by atoms with E-state index in [4.69, 9.17) is 0 Å². The molecule has 1 aromatic rings. The number of piperidine rings is 1. The first-order valence-corrected chi connectivity index (χ1v) is 7.83. The topological polar surface area (TPSA) is 58.1 Å². The summed E-state index contributed by atoms with van der Waals surface area (Å²) in [6.45, 7) is 9.06. The van der Waals surface area contributed by atoms with E-state index in [1.165, 1.54) is 12.8 Å². The predicted octanol–water partition coefficient (Wildman–Crippen LogP) is 2.77. The van der Waals surface area contributed by atoms with Crippen LogP contribution in [0.25, 0.3) is 0 Å². The number of anilines is 1. The zero-order valence-corrected chi connectivity index (χ0v) is 13.5. The Morgan fingerprint density at radius 2 is 2.19 bits per heavy atom. The summed E-state index contributed by atoms with van der Waals surface area (Å²) in [5.41, 5.74) is 0.176. The third-order valence-electron chi connectivity index (χ3n) is 3.72. The van der Waals surface area contributed by atoms with Gasteiger partial charge < -0.3 is 10.2 Å². The van der Waals surface area contributed by atoms with E-state index in [0.29, 0.717) is 17.7 Å². The molecular weight excluding hydrogens is 264 g/mol. The van der Waals surface area contributed by atoms with Gasteiger partial charge in [0, 0.05) is 24.3 Å². The fourth-order valence-electron chi connectivity index (χ4n) is 2.71. The summed E-state index contributed by atoms with van der Waals surface area (Å²) in [5, 5.41) is 2.94. The highest BCUT2D eigenvalue weighted by molar-refractivity contribution is 5.92. The van der Waals surface area contributed by atoms with Gasteiger partial charge in [0.1, 0.15) is 5.69 Å². The van der Waals surface area contributed by atoms with Crippen molar-refractivity contribution in [2.24, 2.45) is 0 Å². The molecule has 1 fully saturated rings. The van der Waals surface area contributed by atoms with Gasteiger partial charge in [0.2, 0.25) is 5.95 Å². The van der Waals surface area contributed by atoms with Gasteiger partial charge in [-0.25, -0.2) is 9.97 Å². The first-order chi connectivity index (χ1) is 9.90. The van der Waals surface area contributed by atoms with Crippen molar-refractivity contribution < 1.29 is 4.79 Å². The lowest BCUT2D eigenvalue weighted by atomic mass is 10.0. The summed E-state index contributed by atoms with van der Waals surface area (Å²) >= 11 is 0. The van der Waals surface area contributed by atoms with E-state index in [2.05, 4.69) is 27.1 Å². The third-order valence-corrected chi connectivity index (χ3v) is 3.72. The van der Waals surface area contributed by atoms with Crippen LogP contribution in [0.1, 0.15) is 63.9 Å². The smallest absolute Gasteiger partial charge is 0.270 e. The molecule has 1 N–H and O–H groups in total. The summed E-state index contributed by atoms with van der Waals surface area (Å²) in [6.07, 6.45) is 6.37. The summed E-state index contributed by atoms with van der Waals surface area (Å²) in [5.74, 6) is 0.541. The van der Waals surface area contributed by atoms with Gasteiger partial charge in [-0.2, -0.15) is 0 Å². The zero-order valence-electron chi connectivity index (χ0n) is 13.5. The van der Waals surface area contributed by atoms with Crippen molar-refractivity contribution in [3.05, 3.63) is 18.0 Å². The van der Waals surface area contributed by atoms with Gasteiger partial charge in [0.15, 0.2) is 0 Å². The Labute approximate surface area is 127 Å². The van der Waals surface area contributed by atoms with Crippen LogP contribution in [0.5, 0.6) is 0 Å². The van der Waals surface area contributed by atoms with Crippen LogP contribution in [0.2, 0.25) is 0 Å². The molecule has 0 aliphatic carbocycles. The molecule has 0 spiro atoms. The van der Waals surface area contributed by atoms with Crippen LogP contribution in [0.15, 0.2) is 12.3 Å². The highest BCUT2D eigenvalue weighted by Crippen LogP contribution is 2.23. The van der Waals surface area contributed by atoms with E-state index in [-0.39, 0.29) is 11.4 Å². The largest absolute Gasteiger partial charge is 0.346 e. The van der Waals surface area contributed by atoms with Crippen molar-refractivity contribution >= 4 is 11.9 Å². The highest BCUT2D eigenvalue weighted by Gasteiger charge is 2.24. The minimum Gasteiger partial charge on any atom is -0.346 e. The number of aromatic nitrogens is 2. The molecule has 5 heteroatoms. The summed E-state index contributed by atoms with van der Waals surface area (Å²) < 4.78 is 0. The average molecular weight is 290 g/mol. The molecule has 0 aromatic carbocycles. The Kier molecular flexibility index (Phi) is 4.80. The van der Waals surface area contributed by atoms with Crippen LogP contribution in [0.4, 0.5) is 5.95 Å². The minimum absolute atomic E-state index is 0.142. The maximum absolute atomic E-state index is 12.2. The monoisotopic (exact) mass is 290 g/mol. The van der Waals surface area contributed by atoms with E-state index in [1.54, 1.807) is 12.3 Å². The standard InChI is InChI=1S/C16H26N4O/c1-5-12-8-6-7-11-20(12)15-17-10-9-13(18-15)14(21)19-16(2,3)4/h9-10,12H,5-8,11H2,1-4H3,(H,19,21). The number of carbonyl (C=O) groups is 1. The van der Waals surface area contributed by atoms with E-state index < -0.39 is 0 Å². The van der Waals surface area contributed by atoms with Gasteiger partial charge in [-0.1, -0.05) is 6.92 Å². The van der Waals surface area contributed by atoms with E-state index in [0.717, 1.165) is 19.4 Å². The molecule has 1 aliphatic rings. The molecule has 0 saturated carbocycles. The second kappa shape index (κ2) is 6.41. The maximum atomic E-state index is 12.2. The second-order valence-electron chi connectivity index (χ2n) is 6.70. The van der Waals surface area contributed by atoms with Crippen LogP contribution < -0.4 is 10.2 Å². The van der Waals surface area contributed by atoms with Gasteiger partial charge in [-0.3, -0.25) is 4.79 Å². The van der Waals surface area contributed by atoms with E-state index in [9.17, 15) is 4.79 Å². The van der Waals surface area contributed by atoms with Crippen LogP contribution in [0, 0.1) is 0 Å². The van der Waals surface area contributed by atoms with Crippen molar-refractivity contribution in [2.75, 3.05) is 11.4 Å². The fourth-order valence-corrected chi connectivity index (χ4v) is 2.71. The number of hydrogen-bond donors (Lipinski definition) is 1. The molecule has 1 aliphatic heterocycles. The number of rotatable bonds is 3. The van der Waals surface area contributed by atoms with Gasteiger partial charge in [-0.05, 0) is 52.5 Å². The van der Waals surface area contributed by atoms with Gasteiger partial charge in [0.05, 0.1) is 0 Å². The summed E-state index contributed by atoms with van der Waals surface area (Å²) in [7, 11) is 0. The molecule has 0 radical (unpaired) electrons. The third kappa shape index (κ3) is 4.16. The number of carbonyl (C=O) groups excluding carboxylic acids is 1. The Morgan fingerprint density at radius 3 is 2.86 bits per heavy atom. The van der Waals surface area contributed by atoms with Crippen molar-refractivity contribution in [3.63, 3.8) is 0 Å². The van der Waals surface area contributed by atoms with Crippen LogP contribution in [0.3, 0.4) is 0 Å². The number of amides is 1. The fraction of sp³-hybridized carbons (Fsp3) is 0.688. The van der Waals surface area contributed by atoms with E-state index in [1.807, 2.05) is 20.8 Å². The molecular formula is C16H26N4O. The van der Waals surface area contributed by atoms with Crippen molar-refractivity contribution in [1.29, 1.82) is 0 Å². The minimum atomic E-state index is -0.265. The lowest BCUT2D eigenvalue weighted by molar-refractivity contribution is 0.0914.